The van der Waals surface area contributed by atoms with Gasteiger partial charge in [-0.05, 0) is 29.8 Å². The molecule has 1 heterocycles. The summed E-state index contributed by atoms with van der Waals surface area (Å²) in [5.41, 5.74) is 8.85. The number of hydrogen-bond donors (Lipinski definition) is 2. The molecule has 0 spiro atoms. The number of thioether (sulfide) groups is 1. The van der Waals surface area contributed by atoms with Crippen molar-refractivity contribution in [2.45, 2.75) is 10.9 Å². The Morgan fingerprint density at radius 3 is 2.89 bits per heavy atom. The zero-order chi connectivity index (χ0) is 13.2. The van der Waals surface area contributed by atoms with Crippen LogP contribution in [0.25, 0.3) is 11.0 Å². The van der Waals surface area contributed by atoms with Crippen LogP contribution in [0.1, 0.15) is 5.56 Å². The minimum atomic E-state index is -0.185. The van der Waals surface area contributed by atoms with Gasteiger partial charge in [0.1, 0.15) is 5.82 Å². The van der Waals surface area contributed by atoms with E-state index in [9.17, 15) is 4.39 Å². The SMILES string of the molecule is Nc1ccc2nc(SCc3ccccc3F)[nH]c2c1. The molecule has 0 atom stereocenters. The number of nitrogen functional groups attached to an aromatic ring is 1. The fraction of sp³-hybridized carbons (Fsp3) is 0.0714. The van der Waals surface area contributed by atoms with Crippen molar-refractivity contribution in [3.63, 3.8) is 0 Å². The second kappa shape index (κ2) is 4.93. The molecule has 96 valence electrons. The van der Waals surface area contributed by atoms with E-state index in [1.165, 1.54) is 17.8 Å². The number of imidazole rings is 1. The van der Waals surface area contributed by atoms with Crippen LogP contribution < -0.4 is 5.73 Å². The van der Waals surface area contributed by atoms with Gasteiger partial charge in [-0.3, -0.25) is 0 Å². The molecule has 19 heavy (non-hydrogen) atoms. The number of nitrogens with one attached hydrogen (secondary N) is 1. The summed E-state index contributed by atoms with van der Waals surface area (Å²) in [4.78, 5) is 7.60. The Hall–Kier alpha value is -2.01. The third-order valence-corrected chi connectivity index (χ3v) is 3.73. The van der Waals surface area contributed by atoms with Crippen molar-refractivity contribution in [1.82, 2.24) is 9.97 Å². The molecule has 0 saturated heterocycles. The summed E-state index contributed by atoms with van der Waals surface area (Å²) in [6, 6.07) is 12.3. The number of H-pyrrole nitrogens is 1. The fourth-order valence-corrected chi connectivity index (χ4v) is 2.71. The summed E-state index contributed by atoms with van der Waals surface area (Å²) in [6.45, 7) is 0. The van der Waals surface area contributed by atoms with Gasteiger partial charge in [0.05, 0.1) is 11.0 Å². The number of fused-ring (bicyclic) bond motifs is 1. The summed E-state index contributed by atoms with van der Waals surface area (Å²) >= 11 is 1.47. The molecule has 0 bridgehead atoms. The Kier molecular flexibility index (Phi) is 3.13. The lowest BCUT2D eigenvalue weighted by Gasteiger charge is -2.00. The molecule has 3 rings (SSSR count). The van der Waals surface area contributed by atoms with E-state index in [-0.39, 0.29) is 5.82 Å². The van der Waals surface area contributed by atoms with Crippen LogP contribution >= 0.6 is 11.8 Å². The summed E-state index contributed by atoms with van der Waals surface area (Å²) in [5, 5.41) is 0.767. The van der Waals surface area contributed by atoms with E-state index >= 15 is 0 Å². The van der Waals surface area contributed by atoms with Gasteiger partial charge in [0.2, 0.25) is 0 Å². The van der Waals surface area contributed by atoms with Gasteiger partial charge in [0.25, 0.3) is 0 Å². The second-order valence-corrected chi connectivity index (χ2v) is 5.16. The first-order valence-electron chi connectivity index (χ1n) is 5.84. The molecule has 0 unspecified atom stereocenters. The molecule has 1 aromatic heterocycles. The largest absolute Gasteiger partial charge is 0.399 e. The molecule has 0 aliphatic rings. The van der Waals surface area contributed by atoms with Crippen LogP contribution in [0.3, 0.4) is 0 Å². The predicted octanol–water partition coefficient (Wildman–Crippen LogP) is 3.58. The molecule has 0 radical (unpaired) electrons. The number of aromatic amines is 1. The molecule has 0 saturated carbocycles. The standard InChI is InChI=1S/C14H12FN3S/c15-11-4-2-1-3-9(11)8-19-14-17-12-6-5-10(16)7-13(12)18-14/h1-7H,8,16H2,(H,17,18). The van der Waals surface area contributed by atoms with Crippen LogP contribution in [0.4, 0.5) is 10.1 Å². The number of rotatable bonds is 3. The third-order valence-electron chi connectivity index (χ3n) is 2.81. The molecule has 3 nitrogen and oxygen atoms in total. The van der Waals surface area contributed by atoms with Crippen LogP contribution in [-0.4, -0.2) is 9.97 Å². The highest BCUT2D eigenvalue weighted by Gasteiger charge is 2.06. The lowest BCUT2D eigenvalue weighted by molar-refractivity contribution is 0.617. The Morgan fingerprint density at radius 2 is 2.05 bits per heavy atom. The molecule has 3 N–H and O–H groups in total. The van der Waals surface area contributed by atoms with Gasteiger partial charge in [-0.25, -0.2) is 9.37 Å². The topological polar surface area (TPSA) is 54.7 Å². The van der Waals surface area contributed by atoms with Gasteiger partial charge in [-0.2, -0.15) is 0 Å². The van der Waals surface area contributed by atoms with E-state index in [1.54, 1.807) is 12.1 Å². The monoisotopic (exact) mass is 273 g/mol. The maximum Gasteiger partial charge on any atom is 0.166 e. The maximum absolute atomic E-state index is 13.5. The summed E-state index contributed by atoms with van der Waals surface area (Å²) in [5.74, 6) is 0.359. The van der Waals surface area contributed by atoms with Crippen molar-refractivity contribution >= 4 is 28.5 Å². The minimum absolute atomic E-state index is 0.185. The van der Waals surface area contributed by atoms with Gasteiger partial charge < -0.3 is 10.7 Å². The molecule has 5 heteroatoms. The van der Waals surface area contributed by atoms with E-state index in [4.69, 9.17) is 5.73 Å². The van der Waals surface area contributed by atoms with Gasteiger partial charge in [-0.15, -0.1) is 0 Å². The van der Waals surface area contributed by atoms with Crippen molar-refractivity contribution in [2.24, 2.45) is 0 Å². The Labute approximate surface area is 114 Å². The molecular weight excluding hydrogens is 261 g/mol. The van der Waals surface area contributed by atoms with Gasteiger partial charge in [0.15, 0.2) is 5.16 Å². The summed E-state index contributed by atoms with van der Waals surface area (Å²) < 4.78 is 13.5. The van der Waals surface area contributed by atoms with E-state index in [2.05, 4.69) is 9.97 Å². The first-order valence-corrected chi connectivity index (χ1v) is 6.82. The van der Waals surface area contributed by atoms with Crippen molar-refractivity contribution in [3.8, 4) is 0 Å². The average molecular weight is 273 g/mol. The summed E-state index contributed by atoms with van der Waals surface area (Å²) in [7, 11) is 0. The maximum atomic E-state index is 13.5. The van der Waals surface area contributed by atoms with Crippen LogP contribution in [0.2, 0.25) is 0 Å². The third kappa shape index (κ3) is 2.56. The first-order chi connectivity index (χ1) is 9.22. The number of aromatic nitrogens is 2. The lowest BCUT2D eigenvalue weighted by Crippen LogP contribution is -1.86. The van der Waals surface area contributed by atoms with Crippen LogP contribution in [0.15, 0.2) is 47.6 Å². The number of nitrogens with zero attached hydrogens (tertiary/aromatic N) is 1. The Bertz CT molecular complexity index is 724. The number of benzene rings is 2. The molecule has 0 fully saturated rings. The van der Waals surface area contributed by atoms with E-state index < -0.39 is 0 Å². The smallest absolute Gasteiger partial charge is 0.166 e. The quantitative estimate of drug-likeness (QED) is 0.566. The normalized spacial score (nSPS) is 11.0. The van der Waals surface area contributed by atoms with Gasteiger partial charge in [0, 0.05) is 11.4 Å². The molecule has 0 aliphatic heterocycles. The van der Waals surface area contributed by atoms with Gasteiger partial charge in [-0.1, -0.05) is 30.0 Å². The second-order valence-electron chi connectivity index (χ2n) is 4.20. The minimum Gasteiger partial charge on any atom is -0.399 e. The average Bonchev–Trinajstić information content (AvgIpc) is 2.79. The van der Waals surface area contributed by atoms with Crippen molar-refractivity contribution in [1.29, 1.82) is 0 Å². The lowest BCUT2D eigenvalue weighted by atomic mass is 10.2. The Morgan fingerprint density at radius 1 is 1.21 bits per heavy atom. The van der Waals surface area contributed by atoms with Crippen LogP contribution in [0.5, 0.6) is 0 Å². The van der Waals surface area contributed by atoms with E-state index in [0.29, 0.717) is 17.0 Å². The van der Waals surface area contributed by atoms with Crippen molar-refractivity contribution in [2.75, 3.05) is 5.73 Å². The molecule has 3 aromatic rings. The molecule has 2 aromatic carbocycles. The van der Waals surface area contributed by atoms with E-state index in [1.807, 2.05) is 24.3 Å². The van der Waals surface area contributed by atoms with Crippen LogP contribution in [0, 0.1) is 5.82 Å². The zero-order valence-corrected chi connectivity index (χ0v) is 10.9. The molecule has 0 aliphatic carbocycles. The van der Waals surface area contributed by atoms with Crippen LogP contribution in [-0.2, 0) is 5.75 Å². The number of anilines is 1. The first kappa shape index (κ1) is 12.0. The van der Waals surface area contributed by atoms with Crippen molar-refractivity contribution < 1.29 is 4.39 Å². The number of hydrogen-bond acceptors (Lipinski definition) is 3. The molecular formula is C14H12FN3S. The zero-order valence-electron chi connectivity index (χ0n) is 10.1. The highest BCUT2D eigenvalue weighted by atomic mass is 32.2. The Balaban J connectivity index is 1.80. The van der Waals surface area contributed by atoms with Gasteiger partial charge >= 0.3 is 0 Å². The highest BCUT2D eigenvalue weighted by Crippen LogP contribution is 2.24. The molecule has 0 amide bonds. The highest BCUT2D eigenvalue weighted by molar-refractivity contribution is 7.98. The number of nitrogens with two attached hydrogens (primary N) is 1. The fourth-order valence-electron chi connectivity index (χ4n) is 1.83. The van der Waals surface area contributed by atoms with Crippen molar-refractivity contribution in [3.05, 3.63) is 53.8 Å². The van der Waals surface area contributed by atoms with E-state index in [0.717, 1.165) is 16.2 Å². The number of halogens is 1. The predicted molar refractivity (Wildman–Crippen MR) is 76.5 cm³/mol. The summed E-state index contributed by atoms with van der Waals surface area (Å²) in [6.07, 6.45) is 0.